The number of carbonyl (C=O) groups is 6. The molecule has 0 bridgehead atoms. The van der Waals surface area contributed by atoms with Crippen molar-refractivity contribution in [3.8, 4) is 23.3 Å². The largest absolute Gasteiger partial charge is 0.507 e. The van der Waals surface area contributed by atoms with Crippen molar-refractivity contribution >= 4 is 52.3 Å². The molecule has 0 aliphatic heterocycles. The van der Waals surface area contributed by atoms with Crippen LogP contribution < -0.4 is 20.7 Å². The van der Waals surface area contributed by atoms with E-state index in [0.717, 1.165) is 6.07 Å². The second kappa shape index (κ2) is 18.7. The van der Waals surface area contributed by atoms with E-state index in [0.29, 0.717) is 22.6 Å². The van der Waals surface area contributed by atoms with Crippen molar-refractivity contribution in [3.63, 3.8) is 0 Å². The zero-order valence-electron chi connectivity index (χ0n) is 31.4. The van der Waals surface area contributed by atoms with Crippen LogP contribution in [0.15, 0.2) is 103 Å². The number of para-hydroxylation sites is 1. The molecule has 0 aromatic heterocycles. The summed E-state index contributed by atoms with van der Waals surface area (Å²) >= 11 is 0. The molecule has 5 rings (SSSR count). The molecule has 0 saturated carbocycles. The fourth-order valence-corrected chi connectivity index (χ4v) is 5.84. The number of hydrogen-bond acceptors (Lipinski definition) is 10. The Labute approximate surface area is 332 Å². The maximum absolute atomic E-state index is 13.2. The number of carboxylic acids is 1. The molecule has 1 unspecified atom stereocenters. The molecule has 1 atom stereocenters. The number of hydrogen-bond donors (Lipinski definition) is 6. The number of benzene rings is 5. The van der Waals surface area contributed by atoms with Gasteiger partial charge in [-0.3, -0.25) is 24.0 Å². The van der Waals surface area contributed by atoms with Crippen LogP contribution >= 0.6 is 0 Å². The van der Waals surface area contributed by atoms with Gasteiger partial charge in [0.05, 0.1) is 17.6 Å². The lowest BCUT2D eigenvalue weighted by Gasteiger charge is -2.15. The van der Waals surface area contributed by atoms with Gasteiger partial charge < -0.3 is 36.0 Å². The molecule has 14 nitrogen and oxygen atoms in total. The number of anilines is 3. The van der Waals surface area contributed by atoms with E-state index in [2.05, 4.69) is 16.0 Å². The number of phenolic OH excluding ortho intramolecular Hbond substituents is 1. The minimum atomic E-state index is -1.34. The first kappa shape index (κ1) is 41.4. The third kappa shape index (κ3) is 10.3. The van der Waals surface area contributed by atoms with Gasteiger partial charge in [-0.25, -0.2) is 4.79 Å². The Morgan fingerprint density at radius 3 is 1.86 bits per heavy atom. The number of carboxylic acid groups (broad SMARTS) is 1. The Balaban J connectivity index is 1.15. The lowest BCUT2D eigenvalue weighted by atomic mass is 9.94. The van der Waals surface area contributed by atoms with Crippen molar-refractivity contribution in [1.82, 2.24) is 0 Å². The van der Waals surface area contributed by atoms with Gasteiger partial charge in [-0.05, 0) is 80.1 Å². The number of nitriles is 1. The van der Waals surface area contributed by atoms with Crippen molar-refractivity contribution in [2.24, 2.45) is 5.92 Å². The topological polar surface area (TPSA) is 232 Å². The Kier molecular flexibility index (Phi) is 13.3. The second-order valence-electron chi connectivity index (χ2n) is 13.2. The van der Waals surface area contributed by atoms with Gasteiger partial charge in [-0.2, -0.15) is 5.26 Å². The van der Waals surface area contributed by atoms with Crippen LogP contribution in [-0.2, 0) is 16.0 Å². The molecule has 0 aliphatic rings. The SMILES string of the molecule is Cc1c(NC(=O)c2ccc(NC(=O)c3ccc(NC(=O)C(CC#N)CC(=O)c4ccc(CC(=O)COc5ccccc5)cc4)cc3)c(C)c2O)ccc(C(=O)O)c1O. The molecule has 0 radical (unpaired) electrons. The molecule has 0 saturated heterocycles. The van der Waals surface area contributed by atoms with Crippen molar-refractivity contribution in [3.05, 3.63) is 142 Å². The van der Waals surface area contributed by atoms with Gasteiger partial charge in [0.1, 0.15) is 29.4 Å². The number of aromatic carboxylic acids is 1. The van der Waals surface area contributed by atoms with Crippen molar-refractivity contribution in [2.75, 3.05) is 22.6 Å². The van der Waals surface area contributed by atoms with Crippen LogP contribution in [0.4, 0.5) is 17.1 Å². The van der Waals surface area contributed by atoms with Crippen LogP contribution in [0.25, 0.3) is 0 Å². The minimum absolute atomic E-state index is 0.0962. The summed E-state index contributed by atoms with van der Waals surface area (Å²) in [6.07, 6.45) is -0.344. The zero-order chi connectivity index (χ0) is 41.9. The first-order valence-electron chi connectivity index (χ1n) is 17.9. The molecule has 0 spiro atoms. The van der Waals surface area contributed by atoms with Crippen molar-refractivity contribution in [2.45, 2.75) is 33.1 Å². The third-order valence-electron chi connectivity index (χ3n) is 9.21. The van der Waals surface area contributed by atoms with Crippen LogP contribution in [-0.4, -0.2) is 57.2 Å². The number of amides is 3. The standard InChI is InChI=1S/C44H38N4O10/c1-25-36(18-16-34(39(25)51)43(55)48-37-19-17-35(44(56)57)40(52)26(37)2)47-41(53)29-12-14-31(15-13-29)46-42(54)30(20-21-45)23-38(50)28-10-8-27(9-11-28)22-32(49)24-58-33-6-4-3-5-7-33/h3-19,30,51-52H,20,22-24H2,1-2H3,(H,46,54)(H,47,53)(H,48,55)(H,56,57). The van der Waals surface area contributed by atoms with Crippen molar-refractivity contribution < 1.29 is 48.8 Å². The maximum atomic E-state index is 13.2. The highest BCUT2D eigenvalue weighted by Crippen LogP contribution is 2.32. The predicted octanol–water partition coefficient (Wildman–Crippen LogP) is 6.85. The van der Waals surface area contributed by atoms with E-state index in [9.17, 15) is 49.3 Å². The molecule has 3 amide bonds. The number of phenols is 2. The van der Waals surface area contributed by atoms with Gasteiger partial charge in [-0.1, -0.05) is 42.5 Å². The van der Waals surface area contributed by atoms with E-state index in [1.807, 2.05) is 12.1 Å². The van der Waals surface area contributed by atoms with E-state index >= 15 is 0 Å². The molecule has 58 heavy (non-hydrogen) atoms. The zero-order valence-corrected chi connectivity index (χ0v) is 31.4. The summed E-state index contributed by atoms with van der Waals surface area (Å²) in [5.41, 5.74) is 1.68. The van der Waals surface area contributed by atoms with Crippen LogP contribution in [0, 0.1) is 31.1 Å². The Morgan fingerprint density at radius 2 is 1.26 bits per heavy atom. The molecule has 0 aliphatic carbocycles. The average molecular weight is 783 g/mol. The summed E-state index contributed by atoms with van der Waals surface area (Å²) < 4.78 is 5.49. The van der Waals surface area contributed by atoms with E-state index in [-0.39, 0.29) is 76.6 Å². The molecule has 5 aromatic rings. The third-order valence-corrected chi connectivity index (χ3v) is 9.21. The minimum Gasteiger partial charge on any atom is -0.507 e. The number of Topliss-reactive ketones (excluding diaryl/α,β-unsaturated/α-hetero) is 2. The molecule has 294 valence electrons. The van der Waals surface area contributed by atoms with Gasteiger partial charge in [0.25, 0.3) is 11.8 Å². The van der Waals surface area contributed by atoms with Crippen LogP contribution in [0.1, 0.15) is 71.0 Å². The number of nitrogens with one attached hydrogen (secondary N) is 3. The van der Waals surface area contributed by atoms with Gasteiger partial charge in [0.15, 0.2) is 11.6 Å². The quantitative estimate of drug-likeness (QED) is 0.0567. The summed E-state index contributed by atoms with van der Waals surface area (Å²) in [6, 6.07) is 28.4. The van der Waals surface area contributed by atoms with Crippen LogP contribution in [0.5, 0.6) is 17.2 Å². The molecular weight excluding hydrogens is 745 g/mol. The highest BCUT2D eigenvalue weighted by atomic mass is 16.5. The van der Waals surface area contributed by atoms with E-state index in [1.54, 1.807) is 48.5 Å². The van der Waals surface area contributed by atoms with E-state index in [1.165, 1.54) is 56.3 Å². The molecule has 5 aromatic carbocycles. The highest BCUT2D eigenvalue weighted by Gasteiger charge is 2.24. The maximum Gasteiger partial charge on any atom is 0.339 e. The van der Waals surface area contributed by atoms with Gasteiger partial charge >= 0.3 is 5.97 Å². The first-order chi connectivity index (χ1) is 27.7. The first-order valence-corrected chi connectivity index (χ1v) is 17.9. The number of nitrogens with zero attached hydrogens (tertiary/aromatic N) is 1. The molecule has 0 heterocycles. The summed E-state index contributed by atoms with van der Waals surface area (Å²) in [4.78, 5) is 76.0. The van der Waals surface area contributed by atoms with Crippen molar-refractivity contribution in [1.29, 1.82) is 5.26 Å². The predicted molar refractivity (Wildman–Crippen MR) is 213 cm³/mol. The lowest BCUT2D eigenvalue weighted by molar-refractivity contribution is -0.120. The van der Waals surface area contributed by atoms with Crippen LogP contribution in [0.3, 0.4) is 0 Å². The summed E-state index contributed by atoms with van der Waals surface area (Å²) in [5.74, 6) is -5.01. The van der Waals surface area contributed by atoms with Crippen LogP contribution in [0.2, 0.25) is 0 Å². The number of carbonyl (C=O) groups excluding carboxylic acids is 5. The highest BCUT2D eigenvalue weighted by molar-refractivity contribution is 6.09. The molecule has 0 fully saturated rings. The van der Waals surface area contributed by atoms with Gasteiger partial charge in [-0.15, -0.1) is 0 Å². The number of rotatable bonds is 16. The normalized spacial score (nSPS) is 11.1. The number of ether oxygens (including phenoxy) is 1. The second-order valence-corrected chi connectivity index (χ2v) is 13.2. The Hall–Kier alpha value is -7.79. The smallest absolute Gasteiger partial charge is 0.339 e. The van der Waals surface area contributed by atoms with E-state index < -0.39 is 41.1 Å². The summed E-state index contributed by atoms with van der Waals surface area (Å²) in [5, 5.41) is 47.5. The fraction of sp³-hybridized carbons (Fsp3) is 0.159. The molecular formula is C44H38N4O10. The Morgan fingerprint density at radius 1 is 0.690 bits per heavy atom. The number of ketones is 2. The lowest BCUT2D eigenvalue weighted by Crippen LogP contribution is -2.25. The molecule has 6 N–H and O–H groups in total. The Bertz CT molecular complexity index is 2420. The summed E-state index contributed by atoms with van der Waals surface area (Å²) in [6.45, 7) is 2.82. The number of aromatic hydroxyl groups is 2. The average Bonchev–Trinajstić information content (AvgIpc) is 3.21. The van der Waals surface area contributed by atoms with Gasteiger partial charge in [0.2, 0.25) is 5.91 Å². The monoisotopic (exact) mass is 782 g/mol. The van der Waals surface area contributed by atoms with Gasteiger partial charge in [0, 0.05) is 58.6 Å². The van der Waals surface area contributed by atoms with E-state index in [4.69, 9.17) is 4.74 Å². The summed E-state index contributed by atoms with van der Waals surface area (Å²) in [7, 11) is 0. The molecule has 14 heteroatoms. The fourth-order valence-electron chi connectivity index (χ4n) is 5.84.